The Labute approximate surface area is 197 Å². The van der Waals surface area contributed by atoms with Crippen LogP contribution in [0.2, 0.25) is 5.02 Å². The van der Waals surface area contributed by atoms with Crippen LogP contribution >= 0.6 is 11.6 Å². The van der Waals surface area contributed by atoms with Gasteiger partial charge in [0.2, 0.25) is 0 Å². The zero-order valence-electron chi connectivity index (χ0n) is 18.3. The van der Waals surface area contributed by atoms with E-state index in [1.54, 1.807) is 12.3 Å². The van der Waals surface area contributed by atoms with Crippen molar-refractivity contribution in [2.45, 2.75) is 19.9 Å². The first kappa shape index (κ1) is 22.5. The van der Waals surface area contributed by atoms with Crippen molar-refractivity contribution in [2.75, 3.05) is 0 Å². The molecule has 0 aliphatic carbocycles. The predicted molar refractivity (Wildman–Crippen MR) is 134 cm³/mol. The minimum Gasteiger partial charge on any atom is -0.423 e. The number of aromatic nitrogens is 2. The van der Waals surface area contributed by atoms with Gasteiger partial charge in [0.05, 0.1) is 11.7 Å². The molecule has 0 saturated carbocycles. The standard InChI is InChI=1S/C27H24ClN3O2/c1-3-20(27-18(15-29)8-7-10-22(27)28)26(17-12-13-23-19(14-17)16-30-31-23)21-9-5-6-11-24(21)33-25(32)4-2/h4-14,16H,2-3,15,29H2,1H3,(H,30,31)/b26-20+. The number of allylic oxidation sites excluding steroid dienone is 1. The summed E-state index contributed by atoms with van der Waals surface area (Å²) in [5, 5.41) is 8.73. The van der Waals surface area contributed by atoms with E-state index in [1.165, 1.54) is 0 Å². The lowest BCUT2D eigenvalue weighted by Gasteiger charge is -2.21. The number of halogens is 1. The summed E-state index contributed by atoms with van der Waals surface area (Å²) in [4.78, 5) is 12.1. The van der Waals surface area contributed by atoms with Gasteiger partial charge >= 0.3 is 5.97 Å². The second kappa shape index (κ2) is 9.86. The topological polar surface area (TPSA) is 81.0 Å². The molecule has 0 fully saturated rings. The van der Waals surface area contributed by atoms with Gasteiger partial charge in [0, 0.05) is 34.2 Å². The first-order valence-corrected chi connectivity index (χ1v) is 11.0. The molecule has 1 aromatic heterocycles. The Bertz CT molecular complexity index is 1370. The maximum Gasteiger partial charge on any atom is 0.335 e. The van der Waals surface area contributed by atoms with E-state index >= 15 is 0 Å². The van der Waals surface area contributed by atoms with E-state index in [4.69, 9.17) is 22.1 Å². The van der Waals surface area contributed by atoms with E-state index in [2.05, 4.69) is 29.8 Å². The van der Waals surface area contributed by atoms with Crippen LogP contribution < -0.4 is 10.5 Å². The quantitative estimate of drug-likeness (QED) is 0.151. The molecule has 0 bridgehead atoms. The Kier molecular flexibility index (Phi) is 6.73. The van der Waals surface area contributed by atoms with Gasteiger partial charge < -0.3 is 10.5 Å². The molecule has 3 N–H and O–H groups in total. The third-order valence-electron chi connectivity index (χ3n) is 5.54. The van der Waals surface area contributed by atoms with Crippen molar-refractivity contribution < 1.29 is 9.53 Å². The third kappa shape index (κ3) is 4.46. The van der Waals surface area contributed by atoms with Crippen molar-refractivity contribution >= 4 is 39.6 Å². The normalized spacial score (nSPS) is 11.8. The summed E-state index contributed by atoms with van der Waals surface area (Å²) in [6.45, 7) is 5.95. The zero-order valence-corrected chi connectivity index (χ0v) is 19.0. The number of H-pyrrole nitrogens is 1. The van der Waals surface area contributed by atoms with E-state index in [0.29, 0.717) is 23.7 Å². The monoisotopic (exact) mass is 457 g/mol. The van der Waals surface area contributed by atoms with Crippen LogP contribution in [0.15, 0.2) is 79.5 Å². The lowest BCUT2D eigenvalue weighted by Crippen LogP contribution is -2.07. The summed E-state index contributed by atoms with van der Waals surface area (Å²) >= 11 is 6.72. The summed E-state index contributed by atoms with van der Waals surface area (Å²) in [5.74, 6) is -0.0810. The summed E-state index contributed by atoms with van der Waals surface area (Å²) in [5.41, 5.74) is 12.5. The molecule has 0 radical (unpaired) electrons. The number of nitrogens with two attached hydrogens (primary N) is 1. The van der Waals surface area contributed by atoms with Crippen LogP contribution in [0.3, 0.4) is 0 Å². The van der Waals surface area contributed by atoms with Crippen LogP contribution in [0.5, 0.6) is 5.75 Å². The number of nitrogens with zero attached hydrogens (tertiary/aromatic N) is 1. The van der Waals surface area contributed by atoms with Crippen molar-refractivity contribution in [3.63, 3.8) is 0 Å². The van der Waals surface area contributed by atoms with Crippen LogP contribution in [0.4, 0.5) is 0 Å². The molecule has 3 aromatic carbocycles. The third-order valence-corrected chi connectivity index (χ3v) is 5.85. The predicted octanol–water partition coefficient (Wildman–Crippen LogP) is 6.14. The summed E-state index contributed by atoms with van der Waals surface area (Å²) in [7, 11) is 0. The molecule has 166 valence electrons. The molecule has 6 heteroatoms. The van der Waals surface area contributed by atoms with Gasteiger partial charge in [-0.25, -0.2) is 4.79 Å². The second-order valence-electron chi connectivity index (χ2n) is 7.48. The number of hydrogen-bond acceptors (Lipinski definition) is 4. The molecular weight excluding hydrogens is 434 g/mol. The molecule has 0 atom stereocenters. The van der Waals surface area contributed by atoms with Gasteiger partial charge in [0.1, 0.15) is 5.75 Å². The summed E-state index contributed by atoms with van der Waals surface area (Å²) < 4.78 is 5.62. The van der Waals surface area contributed by atoms with Crippen molar-refractivity contribution in [1.29, 1.82) is 0 Å². The average Bonchev–Trinajstić information content (AvgIpc) is 3.31. The van der Waals surface area contributed by atoms with Crippen LogP contribution in [-0.4, -0.2) is 16.2 Å². The van der Waals surface area contributed by atoms with E-state index in [0.717, 1.165) is 50.4 Å². The Morgan fingerprint density at radius 1 is 1.18 bits per heavy atom. The highest BCUT2D eigenvalue weighted by atomic mass is 35.5. The van der Waals surface area contributed by atoms with Crippen molar-refractivity contribution in [2.24, 2.45) is 5.73 Å². The average molecular weight is 458 g/mol. The van der Waals surface area contributed by atoms with Gasteiger partial charge in [0.25, 0.3) is 0 Å². The maximum absolute atomic E-state index is 12.1. The number of para-hydroxylation sites is 1. The molecule has 0 aliphatic rings. The van der Waals surface area contributed by atoms with Gasteiger partial charge in [-0.05, 0) is 53.0 Å². The van der Waals surface area contributed by atoms with Crippen molar-refractivity contribution in [1.82, 2.24) is 10.2 Å². The summed E-state index contributed by atoms with van der Waals surface area (Å²) in [6, 6.07) is 19.3. The van der Waals surface area contributed by atoms with Crippen LogP contribution in [0.1, 0.15) is 35.6 Å². The Hall–Kier alpha value is -3.67. The second-order valence-corrected chi connectivity index (χ2v) is 7.89. The fourth-order valence-electron chi connectivity index (χ4n) is 4.06. The molecule has 0 aliphatic heterocycles. The number of carbonyl (C=O) groups excluding carboxylic acids is 1. The zero-order chi connectivity index (χ0) is 23.4. The SMILES string of the molecule is C=CC(=O)Oc1ccccc1/C(=C(\CC)c1c(Cl)cccc1CN)c1ccc2[nH]ncc2c1. The first-order valence-electron chi connectivity index (χ1n) is 10.7. The minimum absolute atomic E-state index is 0.348. The minimum atomic E-state index is -0.523. The van der Waals surface area contributed by atoms with Crippen molar-refractivity contribution in [3.05, 3.63) is 107 Å². The van der Waals surface area contributed by atoms with Gasteiger partial charge in [-0.2, -0.15) is 5.10 Å². The number of nitrogens with one attached hydrogen (secondary N) is 1. The number of esters is 1. The van der Waals surface area contributed by atoms with Gasteiger partial charge in [-0.15, -0.1) is 0 Å². The van der Waals surface area contributed by atoms with E-state index in [-0.39, 0.29) is 0 Å². The fraction of sp³-hybridized carbons (Fsp3) is 0.111. The van der Waals surface area contributed by atoms with Gasteiger partial charge in [0.15, 0.2) is 0 Å². The highest BCUT2D eigenvalue weighted by Gasteiger charge is 2.21. The number of rotatable bonds is 7. The molecule has 1 heterocycles. The molecule has 4 rings (SSSR count). The number of carbonyl (C=O) groups is 1. The largest absolute Gasteiger partial charge is 0.423 e. The van der Waals surface area contributed by atoms with Crippen LogP contribution in [0, 0.1) is 0 Å². The Morgan fingerprint density at radius 3 is 2.76 bits per heavy atom. The highest BCUT2D eigenvalue weighted by Crippen LogP contribution is 2.42. The summed E-state index contributed by atoms with van der Waals surface area (Å²) in [6.07, 6.45) is 3.62. The fourth-order valence-corrected chi connectivity index (χ4v) is 4.37. The molecule has 4 aromatic rings. The molecule has 0 saturated heterocycles. The van der Waals surface area contributed by atoms with Crippen LogP contribution in [0.25, 0.3) is 22.0 Å². The molecule has 0 amide bonds. The number of benzene rings is 3. The number of aromatic amines is 1. The van der Waals surface area contributed by atoms with Crippen molar-refractivity contribution in [3.8, 4) is 5.75 Å². The molecule has 0 unspecified atom stereocenters. The lowest BCUT2D eigenvalue weighted by molar-refractivity contribution is -0.128. The number of hydrogen-bond donors (Lipinski definition) is 2. The van der Waals surface area contributed by atoms with E-state index in [9.17, 15) is 4.79 Å². The highest BCUT2D eigenvalue weighted by molar-refractivity contribution is 6.33. The molecule has 33 heavy (non-hydrogen) atoms. The first-order chi connectivity index (χ1) is 16.1. The smallest absolute Gasteiger partial charge is 0.335 e. The molecule has 5 nitrogen and oxygen atoms in total. The van der Waals surface area contributed by atoms with Crippen LogP contribution in [-0.2, 0) is 11.3 Å². The Balaban J connectivity index is 2.08. The van der Waals surface area contributed by atoms with Gasteiger partial charge in [-0.3, -0.25) is 5.10 Å². The lowest BCUT2D eigenvalue weighted by atomic mass is 9.85. The molecular formula is C27H24ClN3O2. The molecule has 0 spiro atoms. The van der Waals surface area contributed by atoms with E-state index < -0.39 is 5.97 Å². The maximum atomic E-state index is 12.1. The number of fused-ring (bicyclic) bond motifs is 1. The number of ether oxygens (including phenoxy) is 1. The van der Waals surface area contributed by atoms with Gasteiger partial charge in [-0.1, -0.05) is 61.5 Å². The van der Waals surface area contributed by atoms with E-state index in [1.807, 2.05) is 48.5 Å². The Morgan fingerprint density at radius 2 is 2.00 bits per heavy atom.